The molecule has 3 heterocycles. The maximum Gasteiger partial charge on any atom is 0.231 e. The van der Waals surface area contributed by atoms with Crippen molar-refractivity contribution in [3.05, 3.63) is 35.4 Å². The van der Waals surface area contributed by atoms with Crippen LogP contribution in [0.2, 0.25) is 0 Å². The van der Waals surface area contributed by atoms with Gasteiger partial charge in [0, 0.05) is 17.2 Å². The van der Waals surface area contributed by atoms with Crippen LogP contribution in [0.25, 0.3) is 0 Å². The highest BCUT2D eigenvalue weighted by atomic mass is 16.7. The highest BCUT2D eigenvalue weighted by Gasteiger charge is 2.43. The van der Waals surface area contributed by atoms with Crippen LogP contribution in [0.4, 0.5) is 0 Å². The van der Waals surface area contributed by atoms with E-state index in [-0.39, 0.29) is 36.1 Å². The second-order valence-electron chi connectivity index (χ2n) is 5.55. The van der Waals surface area contributed by atoms with Crippen molar-refractivity contribution in [3.63, 3.8) is 0 Å². The van der Waals surface area contributed by atoms with Crippen molar-refractivity contribution in [2.24, 2.45) is 0 Å². The van der Waals surface area contributed by atoms with Crippen LogP contribution in [-0.2, 0) is 0 Å². The molecule has 0 saturated carbocycles. The third-order valence-electron chi connectivity index (χ3n) is 4.38. The van der Waals surface area contributed by atoms with Crippen molar-refractivity contribution >= 4 is 0 Å². The molecular weight excluding hydrogens is 288 g/mol. The first kappa shape index (κ1) is 11.9. The van der Waals surface area contributed by atoms with Crippen molar-refractivity contribution in [2.45, 2.75) is 12.0 Å². The van der Waals surface area contributed by atoms with Gasteiger partial charge in [0.2, 0.25) is 12.5 Å². The summed E-state index contributed by atoms with van der Waals surface area (Å²) in [5.74, 6) is 1.98. The van der Waals surface area contributed by atoms with Crippen molar-refractivity contribution in [2.75, 3.05) is 13.4 Å². The maximum absolute atomic E-state index is 9.95. The molecule has 2 N–H and O–H groups in total. The number of rotatable bonds is 0. The van der Waals surface area contributed by atoms with E-state index in [0.717, 1.165) is 16.9 Å². The minimum absolute atomic E-state index is 0.0148. The monoisotopic (exact) mass is 300 g/mol. The fraction of sp³-hybridized carbons (Fsp3) is 0.250. The summed E-state index contributed by atoms with van der Waals surface area (Å²) in [4.78, 5) is 0. The van der Waals surface area contributed by atoms with Gasteiger partial charge in [0.1, 0.15) is 11.9 Å². The molecule has 0 bridgehead atoms. The molecule has 3 aliphatic heterocycles. The van der Waals surface area contributed by atoms with E-state index in [1.54, 1.807) is 6.07 Å². The Labute approximate surface area is 125 Å². The number of phenolic OH excluding ortho intramolecular Hbond substituents is 2. The Balaban J connectivity index is 1.63. The number of hydrogen-bond acceptors (Lipinski definition) is 6. The molecule has 0 aromatic heterocycles. The van der Waals surface area contributed by atoms with Crippen LogP contribution in [0, 0.1) is 0 Å². The molecule has 0 saturated heterocycles. The Kier molecular flexibility index (Phi) is 2.11. The molecule has 2 unspecified atom stereocenters. The minimum Gasteiger partial charge on any atom is -0.504 e. The van der Waals surface area contributed by atoms with Gasteiger partial charge in [-0.1, -0.05) is 0 Å². The molecule has 0 radical (unpaired) electrons. The SMILES string of the molecule is Oc1ccc2c(c1O)OCC1c3cc4c(cc3OC21)OCO4. The number of aromatic hydroxyl groups is 2. The molecule has 3 aliphatic rings. The Hall–Kier alpha value is -2.76. The van der Waals surface area contributed by atoms with Crippen LogP contribution in [0.3, 0.4) is 0 Å². The van der Waals surface area contributed by atoms with Gasteiger partial charge in [-0.2, -0.15) is 0 Å². The third-order valence-corrected chi connectivity index (χ3v) is 4.38. The normalized spacial score (nSPS) is 23.1. The van der Waals surface area contributed by atoms with Crippen molar-refractivity contribution in [3.8, 4) is 34.5 Å². The summed E-state index contributed by atoms with van der Waals surface area (Å²) in [7, 11) is 0. The Morgan fingerprint density at radius 2 is 1.73 bits per heavy atom. The number of ether oxygens (including phenoxy) is 4. The molecule has 5 rings (SSSR count). The molecule has 6 nitrogen and oxygen atoms in total. The summed E-state index contributed by atoms with van der Waals surface area (Å²) in [6.45, 7) is 0.583. The summed E-state index contributed by atoms with van der Waals surface area (Å²) in [6, 6.07) is 6.92. The molecule has 2 aromatic rings. The number of benzene rings is 2. The molecule has 112 valence electrons. The number of hydrogen-bond donors (Lipinski definition) is 2. The highest BCUT2D eigenvalue weighted by Crippen LogP contribution is 2.56. The highest BCUT2D eigenvalue weighted by molar-refractivity contribution is 5.60. The van der Waals surface area contributed by atoms with Crippen LogP contribution in [0.5, 0.6) is 34.5 Å². The van der Waals surface area contributed by atoms with Gasteiger partial charge in [-0.15, -0.1) is 0 Å². The first-order valence-electron chi connectivity index (χ1n) is 7.00. The van der Waals surface area contributed by atoms with Gasteiger partial charge >= 0.3 is 0 Å². The Bertz CT molecular complexity index is 800. The van der Waals surface area contributed by atoms with E-state index in [4.69, 9.17) is 18.9 Å². The molecular formula is C16H12O6. The van der Waals surface area contributed by atoms with E-state index in [0.29, 0.717) is 18.1 Å². The van der Waals surface area contributed by atoms with Gasteiger partial charge in [0.15, 0.2) is 23.0 Å². The van der Waals surface area contributed by atoms with Crippen molar-refractivity contribution in [1.82, 2.24) is 0 Å². The van der Waals surface area contributed by atoms with Crippen LogP contribution < -0.4 is 18.9 Å². The van der Waals surface area contributed by atoms with Crippen LogP contribution >= 0.6 is 0 Å². The van der Waals surface area contributed by atoms with Gasteiger partial charge in [-0.05, 0) is 18.2 Å². The largest absolute Gasteiger partial charge is 0.504 e. The summed E-state index contributed by atoms with van der Waals surface area (Å²) < 4.78 is 22.5. The molecule has 0 amide bonds. The zero-order valence-electron chi connectivity index (χ0n) is 11.4. The molecule has 22 heavy (non-hydrogen) atoms. The maximum atomic E-state index is 9.95. The first-order valence-corrected chi connectivity index (χ1v) is 7.00. The van der Waals surface area contributed by atoms with Crippen LogP contribution in [-0.4, -0.2) is 23.6 Å². The number of fused-ring (bicyclic) bond motifs is 6. The predicted octanol–water partition coefficient (Wildman–Crippen LogP) is 2.44. The quantitative estimate of drug-likeness (QED) is 0.728. The summed E-state index contributed by atoms with van der Waals surface area (Å²) in [6.07, 6.45) is -0.257. The lowest BCUT2D eigenvalue weighted by atomic mass is 9.89. The lowest BCUT2D eigenvalue weighted by Crippen LogP contribution is -2.23. The Morgan fingerprint density at radius 3 is 2.59 bits per heavy atom. The standard InChI is InChI=1S/C16H12O6/c17-10-2-1-7-15-9(5-19-16(7)14(10)18)8-3-12-13(21-6-20-12)4-11(8)22-15/h1-4,9,15,17-18H,5-6H2. The smallest absolute Gasteiger partial charge is 0.231 e. The van der Waals surface area contributed by atoms with Gasteiger partial charge < -0.3 is 29.2 Å². The number of phenols is 2. The molecule has 2 atom stereocenters. The van der Waals surface area contributed by atoms with Crippen LogP contribution in [0.1, 0.15) is 23.1 Å². The van der Waals surface area contributed by atoms with E-state index in [1.165, 1.54) is 6.07 Å². The fourth-order valence-electron chi connectivity index (χ4n) is 3.30. The summed E-state index contributed by atoms with van der Waals surface area (Å²) >= 11 is 0. The van der Waals surface area contributed by atoms with Crippen LogP contribution in [0.15, 0.2) is 24.3 Å². The van der Waals surface area contributed by atoms with Crippen molar-refractivity contribution < 1.29 is 29.2 Å². The predicted molar refractivity (Wildman–Crippen MR) is 73.9 cm³/mol. The topological polar surface area (TPSA) is 77.4 Å². The van der Waals surface area contributed by atoms with E-state index in [9.17, 15) is 10.2 Å². The average Bonchev–Trinajstić information content (AvgIpc) is 3.11. The zero-order chi connectivity index (χ0) is 14.8. The summed E-state index contributed by atoms with van der Waals surface area (Å²) in [5.41, 5.74) is 1.73. The van der Waals surface area contributed by atoms with Gasteiger partial charge in [0.05, 0.1) is 12.5 Å². The summed E-state index contributed by atoms with van der Waals surface area (Å²) in [5, 5.41) is 19.5. The van der Waals surface area contributed by atoms with Gasteiger partial charge in [-0.3, -0.25) is 0 Å². The van der Waals surface area contributed by atoms with Gasteiger partial charge in [0.25, 0.3) is 0 Å². The van der Waals surface area contributed by atoms with Crippen molar-refractivity contribution in [1.29, 1.82) is 0 Å². The molecule has 6 heteroatoms. The van der Waals surface area contributed by atoms with E-state index < -0.39 is 0 Å². The second-order valence-corrected chi connectivity index (χ2v) is 5.55. The lowest BCUT2D eigenvalue weighted by molar-refractivity contribution is 0.134. The molecule has 0 fully saturated rings. The van der Waals surface area contributed by atoms with E-state index in [2.05, 4.69) is 0 Å². The Morgan fingerprint density at radius 1 is 0.909 bits per heavy atom. The molecule has 2 aromatic carbocycles. The second kappa shape index (κ2) is 3.91. The van der Waals surface area contributed by atoms with E-state index in [1.807, 2.05) is 12.1 Å². The molecule has 0 spiro atoms. The first-order chi connectivity index (χ1) is 10.7. The molecule has 0 aliphatic carbocycles. The lowest BCUT2D eigenvalue weighted by Gasteiger charge is -2.28. The average molecular weight is 300 g/mol. The third kappa shape index (κ3) is 1.39. The van der Waals surface area contributed by atoms with E-state index >= 15 is 0 Å². The minimum atomic E-state index is -0.257. The van der Waals surface area contributed by atoms with Gasteiger partial charge in [-0.25, -0.2) is 0 Å². The zero-order valence-corrected chi connectivity index (χ0v) is 11.4. The fourth-order valence-corrected chi connectivity index (χ4v) is 3.30.